The highest BCUT2D eigenvalue weighted by atomic mass is 127. The minimum Gasteiger partial charge on any atom is -0.493 e. The summed E-state index contributed by atoms with van der Waals surface area (Å²) in [6.45, 7) is 0.151. The van der Waals surface area contributed by atoms with Crippen molar-refractivity contribution in [1.82, 2.24) is 0 Å². The minimum absolute atomic E-state index is 0.227. The molecule has 0 aliphatic rings. The number of anilines is 1. The molecule has 0 fully saturated rings. The minimum atomic E-state index is -0.331. The maximum atomic E-state index is 11.9. The fourth-order valence-corrected chi connectivity index (χ4v) is 3.65. The van der Waals surface area contributed by atoms with Crippen LogP contribution in [0, 0.1) is 3.57 Å². The SMILES string of the molecule is COc1cc(/C=N/OCC(=O)Nc2ccc(Cl)cc2)cc(I)c1OCc1ccc(Cl)cc1. The van der Waals surface area contributed by atoms with Crippen LogP contribution in [0.4, 0.5) is 5.69 Å². The van der Waals surface area contributed by atoms with E-state index in [4.69, 9.17) is 37.5 Å². The monoisotopic (exact) mass is 584 g/mol. The van der Waals surface area contributed by atoms with Gasteiger partial charge in [0.25, 0.3) is 5.91 Å². The first-order chi connectivity index (χ1) is 15.4. The summed E-state index contributed by atoms with van der Waals surface area (Å²) in [5.41, 5.74) is 2.35. The zero-order chi connectivity index (χ0) is 22.9. The summed E-state index contributed by atoms with van der Waals surface area (Å²) in [6, 6.07) is 17.9. The summed E-state index contributed by atoms with van der Waals surface area (Å²) in [7, 11) is 1.57. The van der Waals surface area contributed by atoms with Crippen LogP contribution in [-0.4, -0.2) is 25.8 Å². The van der Waals surface area contributed by atoms with Gasteiger partial charge in [0.05, 0.1) is 16.9 Å². The first-order valence-corrected chi connectivity index (χ1v) is 11.2. The van der Waals surface area contributed by atoms with Crippen LogP contribution in [-0.2, 0) is 16.2 Å². The van der Waals surface area contributed by atoms with E-state index in [2.05, 4.69) is 33.1 Å². The molecule has 1 amide bonds. The molecule has 0 spiro atoms. The molecule has 0 aromatic heterocycles. The van der Waals surface area contributed by atoms with Gasteiger partial charge in [0, 0.05) is 21.3 Å². The number of ether oxygens (including phenoxy) is 2. The van der Waals surface area contributed by atoms with E-state index < -0.39 is 0 Å². The topological polar surface area (TPSA) is 69.2 Å². The van der Waals surface area contributed by atoms with Crippen LogP contribution in [0.3, 0.4) is 0 Å². The predicted octanol–water partition coefficient (Wildman–Crippen LogP) is 6.17. The van der Waals surface area contributed by atoms with Gasteiger partial charge in [-0.2, -0.15) is 0 Å². The molecule has 0 saturated heterocycles. The molecule has 6 nitrogen and oxygen atoms in total. The third kappa shape index (κ3) is 7.29. The Hall–Kier alpha value is -2.49. The Labute approximate surface area is 209 Å². The predicted molar refractivity (Wildman–Crippen MR) is 135 cm³/mol. The lowest BCUT2D eigenvalue weighted by Crippen LogP contribution is -2.16. The van der Waals surface area contributed by atoms with Crippen molar-refractivity contribution in [2.45, 2.75) is 6.61 Å². The van der Waals surface area contributed by atoms with E-state index in [1.54, 1.807) is 37.4 Å². The maximum Gasteiger partial charge on any atom is 0.265 e. The Morgan fingerprint density at radius 2 is 1.72 bits per heavy atom. The molecule has 0 aliphatic carbocycles. The summed E-state index contributed by atoms with van der Waals surface area (Å²) in [6.07, 6.45) is 1.50. The lowest BCUT2D eigenvalue weighted by molar-refractivity contribution is -0.120. The number of benzene rings is 3. The van der Waals surface area contributed by atoms with Crippen molar-refractivity contribution in [2.75, 3.05) is 19.0 Å². The van der Waals surface area contributed by atoms with Crippen molar-refractivity contribution in [1.29, 1.82) is 0 Å². The number of nitrogens with one attached hydrogen (secondary N) is 1. The van der Waals surface area contributed by atoms with E-state index >= 15 is 0 Å². The fraction of sp³-hybridized carbons (Fsp3) is 0.130. The molecule has 32 heavy (non-hydrogen) atoms. The zero-order valence-corrected chi connectivity index (χ0v) is 20.6. The molecule has 3 aromatic carbocycles. The first kappa shape index (κ1) is 24.2. The number of hydrogen-bond acceptors (Lipinski definition) is 5. The number of methoxy groups -OCH3 is 1. The molecule has 3 rings (SSSR count). The van der Waals surface area contributed by atoms with Crippen LogP contribution in [0.1, 0.15) is 11.1 Å². The molecular weight excluding hydrogens is 566 g/mol. The summed E-state index contributed by atoms with van der Waals surface area (Å²) in [4.78, 5) is 17.0. The summed E-state index contributed by atoms with van der Waals surface area (Å²) in [5, 5.41) is 7.83. The number of carbonyl (C=O) groups is 1. The second-order valence-corrected chi connectivity index (χ2v) is 8.55. The van der Waals surface area contributed by atoms with Gasteiger partial charge in [0.2, 0.25) is 0 Å². The zero-order valence-electron chi connectivity index (χ0n) is 17.0. The van der Waals surface area contributed by atoms with Crippen molar-refractivity contribution in [2.24, 2.45) is 5.16 Å². The number of amides is 1. The van der Waals surface area contributed by atoms with Gasteiger partial charge in [0.15, 0.2) is 18.1 Å². The van der Waals surface area contributed by atoms with Crippen LogP contribution in [0.15, 0.2) is 65.8 Å². The molecule has 0 radical (unpaired) electrons. The Balaban J connectivity index is 1.56. The van der Waals surface area contributed by atoms with Crippen molar-refractivity contribution < 1.29 is 19.1 Å². The highest BCUT2D eigenvalue weighted by Gasteiger charge is 2.12. The molecule has 0 bridgehead atoms. The van der Waals surface area contributed by atoms with Crippen LogP contribution < -0.4 is 14.8 Å². The summed E-state index contributed by atoms with van der Waals surface area (Å²) < 4.78 is 12.3. The number of oxime groups is 1. The largest absolute Gasteiger partial charge is 0.493 e. The molecule has 3 aromatic rings. The van der Waals surface area contributed by atoms with Crippen molar-refractivity contribution in [3.05, 3.63) is 85.4 Å². The Morgan fingerprint density at radius 1 is 1.06 bits per heavy atom. The lowest BCUT2D eigenvalue weighted by atomic mass is 10.2. The van der Waals surface area contributed by atoms with Crippen molar-refractivity contribution in [3.63, 3.8) is 0 Å². The van der Waals surface area contributed by atoms with Crippen LogP contribution in [0.2, 0.25) is 10.0 Å². The number of carbonyl (C=O) groups excluding carboxylic acids is 1. The number of hydrogen-bond donors (Lipinski definition) is 1. The second-order valence-electron chi connectivity index (χ2n) is 6.51. The average Bonchev–Trinajstić information content (AvgIpc) is 2.78. The van der Waals surface area contributed by atoms with E-state index in [1.807, 2.05) is 30.3 Å². The van der Waals surface area contributed by atoms with E-state index in [-0.39, 0.29) is 12.5 Å². The van der Waals surface area contributed by atoms with Gasteiger partial charge in [-0.25, -0.2) is 0 Å². The van der Waals surface area contributed by atoms with Crippen molar-refractivity contribution >= 4 is 63.6 Å². The molecule has 0 aliphatic heterocycles. The molecule has 1 N–H and O–H groups in total. The van der Waals surface area contributed by atoms with Gasteiger partial charge in [0.1, 0.15) is 6.61 Å². The quantitative estimate of drug-likeness (QED) is 0.185. The normalized spacial score (nSPS) is 10.8. The molecule has 9 heteroatoms. The van der Waals surface area contributed by atoms with Gasteiger partial charge in [-0.3, -0.25) is 4.79 Å². The van der Waals surface area contributed by atoms with Crippen LogP contribution >= 0.6 is 45.8 Å². The second kappa shape index (κ2) is 11.9. The smallest absolute Gasteiger partial charge is 0.265 e. The fourth-order valence-electron chi connectivity index (χ4n) is 2.61. The van der Waals surface area contributed by atoms with Gasteiger partial charge < -0.3 is 19.6 Å². The molecular formula is C23H19Cl2IN2O4. The number of nitrogens with zero attached hydrogens (tertiary/aromatic N) is 1. The standard InChI is InChI=1S/C23H19Cl2IN2O4/c1-30-21-11-16(10-20(26)23(21)31-13-15-2-4-17(24)5-3-15)12-27-32-14-22(29)28-19-8-6-18(25)7-9-19/h2-12H,13-14H2,1H3,(H,28,29)/b27-12+. The lowest BCUT2D eigenvalue weighted by Gasteiger charge is -2.13. The Bertz CT molecular complexity index is 1090. The van der Waals surface area contributed by atoms with Crippen LogP contribution in [0.5, 0.6) is 11.5 Å². The highest BCUT2D eigenvalue weighted by molar-refractivity contribution is 14.1. The molecule has 166 valence electrons. The molecule has 0 atom stereocenters. The highest BCUT2D eigenvalue weighted by Crippen LogP contribution is 2.34. The van der Waals surface area contributed by atoms with E-state index in [0.29, 0.717) is 33.8 Å². The Morgan fingerprint density at radius 3 is 2.38 bits per heavy atom. The van der Waals surface area contributed by atoms with E-state index in [9.17, 15) is 4.79 Å². The van der Waals surface area contributed by atoms with Gasteiger partial charge in [-0.05, 0) is 76.7 Å². The number of rotatable bonds is 9. The van der Waals surface area contributed by atoms with Gasteiger partial charge in [-0.15, -0.1) is 0 Å². The molecule has 0 heterocycles. The average molecular weight is 585 g/mol. The molecule has 0 unspecified atom stereocenters. The van der Waals surface area contributed by atoms with Crippen molar-refractivity contribution in [3.8, 4) is 11.5 Å². The van der Waals surface area contributed by atoms with Gasteiger partial charge >= 0.3 is 0 Å². The maximum absolute atomic E-state index is 11.9. The summed E-state index contributed by atoms with van der Waals surface area (Å²) >= 11 is 13.9. The van der Waals surface area contributed by atoms with Crippen LogP contribution in [0.25, 0.3) is 0 Å². The third-order valence-corrected chi connectivity index (χ3v) is 5.45. The van der Waals surface area contributed by atoms with Gasteiger partial charge in [-0.1, -0.05) is 40.5 Å². The molecule has 0 saturated carbocycles. The van der Waals surface area contributed by atoms with E-state index in [0.717, 1.165) is 14.7 Å². The third-order valence-electron chi connectivity index (χ3n) is 4.15. The van der Waals surface area contributed by atoms with E-state index in [1.165, 1.54) is 6.21 Å². The number of halogens is 3. The Kier molecular flexibility index (Phi) is 9.01. The summed E-state index contributed by atoms with van der Waals surface area (Å²) in [5.74, 6) is 0.860. The first-order valence-electron chi connectivity index (χ1n) is 9.40.